The zero-order chi connectivity index (χ0) is 16.4. The summed E-state index contributed by atoms with van der Waals surface area (Å²) in [5, 5.41) is 7.60. The Hall–Kier alpha value is -1.99. The molecule has 1 N–H and O–H groups in total. The number of hydrogen-bond donors (Lipinski definition) is 1. The Bertz CT molecular complexity index is 683. The van der Waals surface area contributed by atoms with Crippen LogP contribution in [0.15, 0.2) is 12.4 Å². The van der Waals surface area contributed by atoms with Gasteiger partial charge in [0.25, 0.3) is 0 Å². The van der Waals surface area contributed by atoms with E-state index in [4.69, 9.17) is 4.74 Å². The molecule has 0 bridgehead atoms. The Labute approximate surface area is 136 Å². The van der Waals surface area contributed by atoms with Crippen LogP contribution in [-0.4, -0.2) is 51.4 Å². The van der Waals surface area contributed by atoms with Crippen molar-refractivity contribution in [3.63, 3.8) is 0 Å². The van der Waals surface area contributed by atoms with Crippen LogP contribution in [0.3, 0.4) is 0 Å². The zero-order valence-corrected chi connectivity index (χ0v) is 14.2. The van der Waals surface area contributed by atoms with E-state index < -0.39 is 0 Å². The Morgan fingerprint density at radius 2 is 2.09 bits per heavy atom. The normalized spacial score (nSPS) is 19.0. The highest BCUT2D eigenvalue weighted by Crippen LogP contribution is 2.26. The minimum absolute atomic E-state index is 0.0582. The van der Waals surface area contributed by atoms with Crippen molar-refractivity contribution in [2.45, 2.75) is 26.5 Å². The molecule has 7 nitrogen and oxygen atoms in total. The molecule has 0 radical (unpaired) electrons. The third kappa shape index (κ3) is 3.20. The van der Waals surface area contributed by atoms with Crippen LogP contribution in [0.25, 0.3) is 0 Å². The molecule has 124 valence electrons. The van der Waals surface area contributed by atoms with Gasteiger partial charge in [-0.05, 0) is 13.8 Å². The second-order valence-electron chi connectivity index (χ2n) is 5.91. The first-order chi connectivity index (χ1) is 11.1. The predicted molar refractivity (Wildman–Crippen MR) is 88.2 cm³/mol. The van der Waals surface area contributed by atoms with E-state index in [0.717, 1.165) is 36.8 Å². The number of aromatic nitrogens is 4. The first kappa shape index (κ1) is 15.9. The maximum absolute atomic E-state index is 5.94. The zero-order valence-electron chi connectivity index (χ0n) is 14.2. The van der Waals surface area contributed by atoms with Gasteiger partial charge in [-0.2, -0.15) is 5.10 Å². The van der Waals surface area contributed by atoms with Crippen molar-refractivity contribution in [1.29, 1.82) is 0 Å². The average molecular weight is 316 g/mol. The highest BCUT2D eigenvalue weighted by atomic mass is 16.5. The lowest BCUT2D eigenvalue weighted by atomic mass is 10.1. The lowest BCUT2D eigenvalue weighted by Gasteiger charge is -2.33. The molecule has 3 heterocycles. The average Bonchev–Trinajstić information content (AvgIpc) is 2.81. The first-order valence-corrected chi connectivity index (χ1v) is 7.91. The summed E-state index contributed by atoms with van der Waals surface area (Å²) in [6.07, 6.45) is 3.35. The molecule has 0 amide bonds. The van der Waals surface area contributed by atoms with E-state index >= 15 is 0 Å². The van der Waals surface area contributed by atoms with E-state index in [1.807, 2.05) is 18.8 Å². The molecule has 0 saturated carbocycles. The molecular formula is C16H24N6O. The van der Waals surface area contributed by atoms with Crippen LogP contribution >= 0.6 is 0 Å². The van der Waals surface area contributed by atoms with Gasteiger partial charge in [0, 0.05) is 57.4 Å². The second kappa shape index (κ2) is 6.64. The molecule has 1 saturated heterocycles. The summed E-state index contributed by atoms with van der Waals surface area (Å²) in [5.41, 5.74) is 4.50. The lowest BCUT2D eigenvalue weighted by molar-refractivity contribution is -0.0348. The Kier molecular flexibility index (Phi) is 4.58. The monoisotopic (exact) mass is 316 g/mol. The minimum Gasteiger partial charge on any atom is -0.372 e. The summed E-state index contributed by atoms with van der Waals surface area (Å²) >= 11 is 0. The molecule has 1 fully saturated rings. The molecule has 0 aromatic carbocycles. The van der Waals surface area contributed by atoms with Gasteiger partial charge in [0.2, 0.25) is 0 Å². The molecule has 23 heavy (non-hydrogen) atoms. The van der Waals surface area contributed by atoms with Crippen LogP contribution in [0.1, 0.15) is 28.7 Å². The lowest BCUT2D eigenvalue weighted by Crippen LogP contribution is -2.38. The number of ether oxygens (including phenoxy) is 1. The van der Waals surface area contributed by atoms with Crippen LogP contribution in [0.4, 0.5) is 5.82 Å². The highest BCUT2D eigenvalue weighted by Gasteiger charge is 2.26. The standard InChI is InChI=1S/C16H24N6O/c1-11-13(12(2)21(4)20-11)9-22-7-8-23-14(10-22)15-16(17-3)19-6-5-18-15/h5-6,14H,7-10H2,1-4H3,(H,17,19). The van der Waals surface area contributed by atoms with Gasteiger partial charge in [0.1, 0.15) is 17.6 Å². The Balaban J connectivity index is 1.76. The van der Waals surface area contributed by atoms with Gasteiger partial charge in [-0.15, -0.1) is 0 Å². The van der Waals surface area contributed by atoms with Crippen LogP contribution < -0.4 is 5.32 Å². The van der Waals surface area contributed by atoms with Crippen molar-refractivity contribution >= 4 is 5.82 Å². The molecule has 1 atom stereocenters. The fourth-order valence-corrected chi connectivity index (χ4v) is 3.06. The maximum atomic E-state index is 5.94. The fourth-order valence-electron chi connectivity index (χ4n) is 3.06. The fraction of sp³-hybridized carbons (Fsp3) is 0.562. The summed E-state index contributed by atoms with van der Waals surface area (Å²) in [6.45, 7) is 7.50. The van der Waals surface area contributed by atoms with E-state index in [1.54, 1.807) is 12.4 Å². The van der Waals surface area contributed by atoms with Crippen LogP contribution in [0.2, 0.25) is 0 Å². The van der Waals surface area contributed by atoms with Crippen molar-refractivity contribution in [3.05, 3.63) is 35.0 Å². The topological polar surface area (TPSA) is 68.1 Å². The smallest absolute Gasteiger partial charge is 0.150 e. The predicted octanol–water partition coefficient (Wildman–Crippen LogP) is 1.44. The van der Waals surface area contributed by atoms with Gasteiger partial charge in [-0.3, -0.25) is 14.6 Å². The van der Waals surface area contributed by atoms with Gasteiger partial charge in [-0.25, -0.2) is 4.98 Å². The van der Waals surface area contributed by atoms with Gasteiger partial charge in [0.05, 0.1) is 12.3 Å². The second-order valence-corrected chi connectivity index (χ2v) is 5.91. The number of hydrogen-bond acceptors (Lipinski definition) is 6. The van der Waals surface area contributed by atoms with Crippen LogP contribution in [0.5, 0.6) is 0 Å². The highest BCUT2D eigenvalue weighted by molar-refractivity contribution is 5.40. The number of morpholine rings is 1. The summed E-state index contributed by atoms with van der Waals surface area (Å²) < 4.78 is 7.88. The molecule has 2 aromatic rings. The van der Waals surface area contributed by atoms with Crippen molar-refractivity contribution in [3.8, 4) is 0 Å². The van der Waals surface area contributed by atoms with Crippen molar-refractivity contribution in [2.75, 3.05) is 32.1 Å². The quantitative estimate of drug-likeness (QED) is 0.920. The molecule has 0 aliphatic carbocycles. The van der Waals surface area contributed by atoms with E-state index in [0.29, 0.717) is 6.61 Å². The summed E-state index contributed by atoms with van der Waals surface area (Å²) in [4.78, 5) is 11.2. The molecule has 7 heteroatoms. The largest absolute Gasteiger partial charge is 0.372 e. The van der Waals surface area contributed by atoms with Crippen molar-refractivity contribution in [2.24, 2.45) is 7.05 Å². The van der Waals surface area contributed by atoms with Gasteiger partial charge < -0.3 is 10.1 Å². The van der Waals surface area contributed by atoms with Gasteiger partial charge in [-0.1, -0.05) is 0 Å². The number of anilines is 1. The SMILES string of the molecule is CNc1nccnc1C1CN(Cc2c(C)nn(C)c2C)CCO1. The summed E-state index contributed by atoms with van der Waals surface area (Å²) in [6, 6.07) is 0. The number of rotatable bonds is 4. The Morgan fingerprint density at radius 1 is 1.30 bits per heavy atom. The molecule has 1 aliphatic heterocycles. The molecule has 0 spiro atoms. The third-order valence-electron chi connectivity index (χ3n) is 4.46. The first-order valence-electron chi connectivity index (χ1n) is 7.91. The van der Waals surface area contributed by atoms with Crippen LogP contribution in [-0.2, 0) is 18.3 Å². The van der Waals surface area contributed by atoms with E-state index in [-0.39, 0.29) is 6.10 Å². The van der Waals surface area contributed by atoms with E-state index in [2.05, 4.69) is 39.1 Å². The van der Waals surface area contributed by atoms with Gasteiger partial charge in [0.15, 0.2) is 0 Å². The van der Waals surface area contributed by atoms with E-state index in [9.17, 15) is 0 Å². The number of nitrogens with zero attached hydrogens (tertiary/aromatic N) is 5. The van der Waals surface area contributed by atoms with Crippen molar-refractivity contribution < 1.29 is 4.74 Å². The van der Waals surface area contributed by atoms with Gasteiger partial charge >= 0.3 is 0 Å². The van der Waals surface area contributed by atoms with Crippen molar-refractivity contribution in [1.82, 2.24) is 24.6 Å². The molecule has 2 aromatic heterocycles. The van der Waals surface area contributed by atoms with E-state index in [1.165, 1.54) is 11.3 Å². The van der Waals surface area contributed by atoms with Crippen LogP contribution in [0, 0.1) is 13.8 Å². The third-order valence-corrected chi connectivity index (χ3v) is 4.46. The molecule has 1 aliphatic rings. The summed E-state index contributed by atoms with van der Waals surface area (Å²) in [5.74, 6) is 0.785. The summed E-state index contributed by atoms with van der Waals surface area (Å²) in [7, 11) is 3.85. The Morgan fingerprint density at radius 3 is 2.78 bits per heavy atom. The number of aryl methyl sites for hydroxylation is 2. The maximum Gasteiger partial charge on any atom is 0.150 e. The molecule has 1 unspecified atom stereocenters. The molecular weight excluding hydrogens is 292 g/mol. The molecule has 3 rings (SSSR count). The minimum atomic E-state index is -0.0582. The number of nitrogens with one attached hydrogen (secondary N) is 1.